The van der Waals surface area contributed by atoms with Gasteiger partial charge in [0.25, 0.3) is 5.91 Å². The first-order valence-corrected chi connectivity index (χ1v) is 7.49. The number of nitrogens with one attached hydrogen (secondary N) is 1. The Balaban J connectivity index is 2.45. The maximum atomic E-state index is 12.3. The number of unbranched alkanes of at least 4 members (excludes halogenated alkanes) is 2. The average molecular weight is 385 g/mol. The van der Waals surface area contributed by atoms with Gasteiger partial charge in [0, 0.05) is 12.1 Å². The molecule has 0 spiro atoms. The number of halogens is 4. The molecule has 106 valence electrons. The summed E-state index contributed by atoms with van der Waals surface area (Å²) in [6, 6.07) is 4.24. The summed E-state index contributed by atoms with van der Waals surface area (Å²) < 4.78 is 38.1. The highest BCUT2D eigenvalue weighted by Crippen LogP contribution is 2.28. The zero-order valence-corrected chi connectivity index (χ0v) is 12.4. The molecule has 0 aromatic heterocycles. The predicted molar refractivity (Wildman–Crippen MR) is 76.5 cm³/mol. The van der Waals surface area contributed by atoms with Gasteiger partial charge in [-0.1, -0.05) is 29.0 Å². The van der Waals surface area contributed by atoms with Crippen molar-refractivity contribution in [2.24, 2.45) is 0 Å². The summed E-state index contributed by atoms with van der Waals surface area (Å²) in [5.41, 5.74) is -0.493. The van der Waals surface area contributed by atoms with E-state index in [4.69, 9.17) is 0 Å². The van der Waals surface area contributed by atoms with Crippen LogP contribution in [0.4, 0.5) is 13.2 Å². The molecule has 0 aliphatic rings. The van der Waals surface area contributed by atoms with Crippen LogP contribution in [0.5, 0.6) is 0 Å². The standard InChI is InChI=1S/C13H15F3INO/c14-13(15,16)11-6-4-10(5-7-11)12(19)18-9-3-1-2-8-17/h4-7H,1-3,8-9H2,(H,18,19). The van der Waals surface area contributed by atoms with Crippen LogP contribution in [0.3, 0.4) is 0 Å². The lowest BCUT2D eigenvalue weighted by Gasteiger charge is -2.08. The lowest BCUT2D eigenvalue weighted by atomic mass is 10.1. The second-order valence-electron chi connectivity index (χ2n) is 4.08. The Bertz CT molecular complexity index is 403. The third-order valence-corrected chi connectivity index (χ3v) is 3.33. The van der Waals surface area contributed by atoms with Crippen molar-refractivity contribution in [1.82, 2.24) is 5.32 Å². The Hall–Kier alpha value is -0.790. The molecule has 0 bridgehead atoms. The Morgan fingerprint density at radius 3 is 2.26 bits per heavy atom. The highest BCUT2D eigenvalue weighted by atomic mass is 127. The van der Waals surface area contributed by atoms with E-state index in [-0.39, 0.29) is 11.5 Å². The molecule has 1 N–H and O–H groups in total. The largest absolute Gasteiger partial charge is 0.416 e. The summed E-state index contributed by atoms with van der Waals surface area (Å²) in [5, 5.41) is 2.69. The summed E-state index contributed by atoms with van der Waals surface area (Å²) >= 11 is 2.29. The fraction of sp³-hybridized carbons (Fsp3) is 0.462. The van der Waals surface area contributed by atoms with Crippen LogP contribution in [0.15, 0.2) is 24.3 Å². The first-order valence-electron chi connectivity index (χ1n) is 5.96. The molecular formula is C13H15F3INO. The van der Waals surface area contributed by atoms with Crippen molar-refractivity contribution >= 4 is 28.5 Å². The summed E-state index contributed by atoms with van der Waals surface area (Å²) in [4.78, 5) is 11.6. The van der Waals surface area contributed by atoms with E-state index < -0.39 is 11.7 Å². The van der Waals surface area contributed by atoms with Gasteiger partial charge in [-0.2, -0.15) is 13.2 Å². The molecule has 0 aliphatic carbocycles. The van der Waals surface area contributed by atoms with Gasteiger partial charge in [-0.05, 0) is 41.5 Å². The van der Waals surface area contributed by atoms with Gasteiger partial charge in [-0.3, -0.25) is 4.79 Å². The van der Waals surface area contributed by atoms with Crippen molar-refractivity contribution in [3.8, 4) is 0 Å². The molecule has 0 heterocycles. The minimum Gasteiger partial charge on any atom is -0.352 e. The second-order valence-corrected chi connectivity index (χ2v) is 5.16. The average Bonchev–Trinajstić information content (AvgIpc) is 2.37. The molecule has 0 radical (unpaired) electrons. The van der Waals surface area contributed by atoms with Crippen LogP contribution in [-0.2, 0) is 6.18 Å². The highest BCUT2D eigenvalue weighted by molar-refractivity contribution is 14.1. The van der Waals surface area contributed by atoms with Crippen molar-refractivity contribution in [1.29, 1.82) is 0 Å². The number of amides is 1. The van der Waals surface area contributed by atoms with Gasteiger partial charge in [0.05, 0.1) is 5.56 Å². The van der Waals surface area contributed by atoms with Gasteiger partial charge in [0.15, 0.2) is 0 Å². The summed E-state index contributed by atoms with van der Waals surface area (Å²) in [6.45, 7) is 0.552. The van der Waals surface area contributed by atoms with Crippen molar-refractivity contribution in [3.05, 3.63) is 35.4 Å². The fourth-order valence-electron chi connectivity index (χ4n) is 1.51. The number of alkyl halides is 4. The quantitative estimate of drug-likeness (QED) is 0.447. The Morgan fingerprint density at radius 1 is 1.11 bits per heavy atom. The Labute approximate surface area is 123 Å². The predicted octanol–water partition coefficient (Wildman–Crippen LogP) is 4.04. The van der Waals surface area contributed by atoms with Crippen molar-refractivity contribution in [2.45, 2.75) is 25.4 Å². The molecule has 1 amide bonds. The van der Waals surface area contributed by atoms with Gasteiger partial charge in [0.2, 0.25) is 0 Å². The van der Waals surface area contributed by atoms with Gasteiger partial charge < -0.3 is 5.32 Å². The lowest BCUT2D eigenvalue weighted by Crippen LogP contribution is -2.24. The molecule has 0 fully saturated rings. The van der Waals surface area contributed by atoms with Crippen LogP contribution in [0, 0.1) is 0 Å². The van der Waals surface area contributed by atoms with E-state index in [1.807, 2.05) is 0 Å². The van der Waals surface area contributed by atoms with Crippen LogP contribution in [0.2, 0.25) is 0 Å². The van der Waals surface area contributed by atoms with Gasteiger partial charge in [0.1, 0.15) is 0 Å². The Morgan fingerprint density at radius 2 is 1.74 bits per heavy atom. The molecule has 0 saturated heterocycles. The van der Waals surface area contributed by atoms with E-state index in [1.54, 1.807) is 0 Å². The molecule has 0 atom stereocenters. The van der Waals surface area contributed by atoms with E-state index in [9.17, 15) is 18.0 Å². The molecule has 0 saturated carbocycles. The zero-order valence-electron chi connectivity index (χ0n) is 10.3. The number of hydrogen-bond donors (Lipinski definition) is 1. The van der Waals surface area contributed by atoms with E-state index in [1.165, 1.54) is 12.1 Å². The molecule has 1 aromatic rings. The SMILES string of the molecule is O=C(NCCCCCI)c1ccc(C(F)(F)F)cc1. The van der Waals surface area contributed by atoms with Crippen LogP contribution in [0.25, 0.3) is 0 Å². The fourth-order valence-corrected chi connectivity index (χ4v) is 2.05. The minimum absolute atomic E-state index is 0.252. The maximum absolute atomic E-state index is 12.3. The van der Waals surface area contributed by atoms with Crippen LogP contribution < -0.4 is 5.32 Å². The molecule has 0 unspecified atom stereocenters. The van der Waals surface area contributed by atoms with E-state index in [0.717, 1.165) is 35.8 Å². The smallest absolute Gasteiger partial charge is 0.352 e. The van der Waals surface area contributed by atoms with Crippen LogP contribution in [-0.4, -0.2) is 16.9 Å². The Kier molecular flexibility index (Phi) is 6.60. The first-order chi connectivity index (χ1) is 8.95. The van der Waals surface area contributed by atoms with Gasteiger partial charge in [-0.15, -0.1) is 0 Å². The summed E-state index contributed by atoms with van der Waals surface area (Å²) in [6.07, 6.45) is -1.34. The molecule has 1 rings (SSSR count). The van der Waals surface area contributed by atoms with Crippen LogP contribution >= 0.6 is 22.6 Å². The summed E-state index contributed by atoms with van der Waals surface area (Å²) in [5.74, 6) is -0.330. The van der Waals surface area contributed by atoms with Gasteiger partial charge >= 0.3 is 6.18 Å². The number of rotatable bonds is 6. The third-order valence-electron chi connectivity index (χ3n) is 2.57. The topological polar surface area (TPSA) is 29.1 Å². The molecule has 19 heavy (non-hydrogen) atoms. The maximum Gasteiger partial charge on any atom is 0.416 e. The number of hydrogen-bond acceptors (Lipinski definition) is 1. The highest BCUT2D eigenvalue weighted by Gasteiger charge is 2.30. The summed E-state index contributed by atoms with van der Waals surface area (Å²) in [7, 11) is 0. The molecule has 0 aliphatic heterocycles. The van der Waals surface area contributed by atoms with Crippen molar-refractivity contribution in [3.63, 3.8) is 0 Å². The molecule has 6 heteroatoms. The first kappa shape index (κ1) is 16.3. The van der Waals surface area contributed by atoms with Gasteiger partial charge in [-0.25, -0.2) is 0 Å². The molecule has 1 aromatic carbocycles. The van der Waals surface area contributed by atoms with Crippen LogP contribution in [0.1, 0.15) is 35.2 Å². The van der Waals surface area contributed by atoms with Crippen molar-refractivity contribution in [2.75, 3.05) is 11.0 Å². The number of carbonyl (C=O) groups is 1. The van der Waals surface area contributed by atoms with E-state index in [2.05, 4.69) is 27.9 Å². The normalized spacial score (nSPS) is 11.4. The van der Waals surface area contributed by atoms with Crippen molar-refractivity contribution < 1.29 is 18.0 Å². The zero-order chi connectivity index (χ0) is 14.3. The third kappa shape index (κ3) is 5.80. The number of benzene rings is 1. The molecular weight excluding hydrogens is 370 g/mol. The number of carbonyl (C=O) groups excluding carboxylic acids is 1. The lowest BCUT2D eigenvalue weighted by molar-refractivity contribution is -0.137. The minimum atomic E-state index is -4.37. The van der Waals surface area contributed by atoms with E-state index in [0.29, 0.717) is 6.54 Å². The van der Waals surface area contributed by atoms with E-state index >= 15 is 0 Å². The second kappa shape index (κ2) is 7.72. The molecule has 2 nitrogen and oxygen atoms in total. The monoisotopic (exact) mass is 385 g/mol.